The van der Waals surface area contributed by atoms with Crippen molar-refractivity contribution in [3.8, 4) is 0 Å². The number of hydrogen-bond acceptors (Lipinski definition) is 6. The van der Waals surface area contributed by atoms with Gasteiger partial charge in [0.15, 0.2) is 6.10 Å². The molecule has 16 heavy (non-hydrogen) atoms. The zero-order chi connectivity index (χ0) is 12.4. The van der Waals surface area contributed by atoms with Crippen LogP contribution in [-0.4, -0.2) is 32.1 Å². The highest BCUT2D eigenvalue weighted by Crippen LogP contribution is 2.08. The monoisotopic (exact) mass is 233 g/mol. The van der Waals surface area contributed by atoms with Crippen LogP contribution in [0.1, 0.15) is 27.2 Å². The summed E-state index contributed by atoms with van der Waals surface area (Å²) in [6, 6.07) is 0. The smallest absolute Gasteiger partial charge is 0.435 e. The lowest BCUT2D eigenvalue weighted by molar-refractivity contribution is 0.0434. The summed E-state index contributed by atoms with van der Waals surface area (Å²) in [5, 5.41) is 0. The Labute approximate surface area is 94.8 Å². The summed E-state index contributed by atoms with van der Waals surface area (Å²) in [6.07, 6.45) is -0.747. The molecule has 0 spiro atoms. The van der Waals surface area contributed by atoms with Gasteiger partial charge in [-0.15, -0.1) is 0 Å². The van der Waals surface area contributed by atoms with Crippen LogP contribution in [0.25, 0.3) is 0 Å². The molecular formula is C10H17O6. The van der Waals surface area contributed by atoms with Gasteiger partial charge in [-0.05, 0) is 20.8 Å². The Balaban J connectivity index is 3.53. The molecule has 93 valence electrons. The quantitative estimate of drug-likeness (QED) is 0.655. The molecular weight excluding hydrogens is 216 g/mol. The summed E-state index contributed by atoms with van der Waals surface area (Å²) in [7, 11) is 0. The van der Waals surface area contributed by atoms with Crippen LogP contribution in [0.2, 0.25) is 0 Å². The van der Waals surface area contributed by atoms with E-state index >= 15 is 0 Å². The first-order chi connectivity index (χ1) is 7.60. The third kappa shape index (κ3) is 7.90. The van der Waals surface area contributed by atoms with Crippen molar-refractivity contribution < 1.29 is 28.5 Å². The number of carbonyl (C=O) groups is 2. The maximum Gasteiger partial charge on any atom is 0.508 e. The van der Waals surface area contributed by atoms with E-state index in [-0.39, 0.29) is 19.8 Å². The Kier molecular flexibility index (Phi) is 8.01. The Hall–Kier alpha value is -1.46. The Bertz CT molecular complexity index is 215. The van der Waals surface area contributed by atoms with Crippen LogP contribution in [0, 0.1) is 6.10 Å². The van der Waals surface area contributed by atoms with E-state index in [0.29, 0.717) is 12.5 Å². The van der Waals surface area contributed by atoms with Crippen molar-refractivity contribution in [3.63, 3.8) is 0 Å². The van der Waals surface area contributed by atoms with Gasteiger partial charge >= 0.3 is 12.3 Å². The second-order valence-corrected chi connectivity index (χ2v) is 2.77. The summed E-state index contributed by atoms with van der Waals surface area (Å²) in [4.78, 5) is 21.6. The number of ether oxygens (including phenoxy) is 4. The minimum atomic E-state index is -0.754. The molecule has 0 atom stereocenters. The van der Waals surface area contributed by atoms with Crippen LogP contribution >= 0.6 is 0 Å². The maximum atomic E-state index is 10.9. The molecule has 0 amide bonds. The van der Waals surface area contributed by atoms with E-state index < -0.39 is 12.3 Å². The molecule has 0 aliphatic rings. The van der Waals surface area contributed by atoms with Crippen molar-refractivity contribution in [1.82, 2.24) is 0 Å². The fraction of sp³-hybridized carbons (Fsp3) is 0.700. The summed E-state index contributed by atoms with van der Waals surface area (Å²) in [5.74, 6) is 0. The molecule has 6 heteroatoms. The van der Waals surface area contributed by atoms with Crippen LogP contribution in [0.5, 0.6) is 0 Å². The van der Waals surface area contributed by atoms with Gasteiger partial charge in [0.05, 0.1) is 19.8 Å². The molecule has 0 aliphatic carbocycles. The van der Waals surface area contributed by atoms with E-state index in [2.05, 4.69) is 14.2 Å². The predicted octanol–water partition coefficient (Wildman–Crippen LogP) is 2.27. The lowest BCUT2D eigenvalue weighted by atomic mass is 10.3. The number of rotatable bonds is 6. The van der Waals surface area contributed by atoms with Crippen LogP contribution in [-0.2, 0) is 18.9 Å². The summed E-state index contributed by atoms with van der Waals surface area (Å²) < 4.78 is 18.5. The Morgan fingerprint density at radius 3 is 2.06 bits per heavy atom. The minimum absolute atomic E-state index is 0.101. The van der Waals surface area contributed by atoms with Gasteiger partial charge in [0.1, 0.15) is 0 Å². The van der Waals surface area contributed by atoms with Gasteiger partial charge in [0.2, 0.25) is 0 Å². The molecule has 0 N–H and O–H groups in total. The van der Waals surface area contributed by atoms with Gasteiger partial charge in [-0.3, -0.25) is 0 Å². The summed E-state index contributed by atoms with van der Waals surface area (Å²) >= 11 is 0. The van der Waals surface area contributed by atoms with E-state index in [1.165, 1.54) is 0 Å². The topological polar surface area (TPSA) is 71.1 Å². The van der Waals surface area contributed by atoms with E-state index in [1.54, 1.807) is 20.8 Å². The van der Waals surface area contributed by atoms with Crippen molar-refractivity contribution >= 4 is 12.3 Å². The average molecular weight is 233 g/mol. The maximum absolute atomic E-state index is 10.9. The number of hydrogen-bond donors (Lipinski definition) is 0. The highest BCUT2D eigenvalue weighted by molar-refractivity contribution is 5.61. The van der Waals surface area contributed by atoms with Gasteiger partial charge in [-0.1, -0.05) is 0 Å². The Morgan fingerprint density at radius 1 is 0.938 bits per heavy atom. The second kappa shape index (κ2) is 8.82. The first kappa shape index (κ1) is 14.5. The zero-order valence-electron chi connectivity index (χ0n) is 9.78. The average Bonchev–Trinajstić information content (AvgIpc) is 2.18. The van der Waals surface area contributed by atoms with Gasteiger partial charge in [0, 0.05) is 6.42 Å². The standard InChI is InChI=1S/C10H17O6/c1-4-13-9(11)15-7-6-8(3)16-10(12)14-5-2/h4-7H2,1-3H3. The molecule has 1 radical (unpaired) electrons. The molecule has 6 nitrogen and oxygen atoms in total. The van der Waals surface area contributed by atoms with Gasteiger partial charge in [0.25, 0.3) is 0 Å². The van der Waals surface area contributed by atoms with Crippen LogP contribution in [0.3, 0.4) is 0 Å². The van der Waals surface area contributed by atoms with Crippen molar-refractivity contribution in [2.24, 2.45) is 0 Å². The molecule has 0 heterocycles. The van der Waals surface area contributed by atoms with Crippen molar-refractivity contribution in [3.05, 3.63) is 6.10 Å². The summed E-state index contributed by atoms with van der Waals surface area (Å²) in [5.41, 5.74) is 0. The zero-order valence-corrected chi connectivity index (χ0v) is 9.78. The molecule has 0 aromatic carbocycles. The fourth-order valence-electron chi connectivity index (χ4n) is 0.778. The molecule has 0 aromatic rings. The molecule has 0 saturated carbocycles. The predicted molar refractivity (Wildman–Crippen MR) is 54.6 cm³/mol. The molecule has 0 unspecified atom stereocenters. The normalized spacial score (nSPS) is 9.75. The van der Waals surface area contributed by atoms with Gasteiger partial charge in [-0.2, -0.15) is 0 Å². The van der Waals surface area contributed by atoms with Crippen LogP contribution in [0.4, 0.5) is 9.59 Å². The first-order valence-corrected chi connectivity index (χ1v) is 5.06. The van der Waals surface area contributed by atoms with E-state index in [1.807, 2.05) is 0 Å². The summed E-state index contributed by atoms with van der Waals surface area (Å²) in [6.45, 7) is 5.59. The van der Waals surface area contributed by atoms with E-state index in [9.17, 15) is 9.59 Å². The molecule has 0 fully saturated rings. The molecule has 0 aromatic heterocycles. The third-order valence-corrected chi connectivity index (χ3v) is 1.46. The van der Waals surface area contributed by atoms with Crippen molar-refractivity contribution in [2.75, 3.05) is 19.8 Å². The fourth-order valence-corrected chi connectivity index (χ4v) is 0.778. The van der Waals surface area contributed by atoms with Crippen molar-refractivity contribution in [2.45, 2.75) is 27.2 Å². The Morgan fingerprint density at radius 2 is 1.50 bits per heavy atom. The van der Waals surface area contributed by atoms with E-state index in [0.717, 1.165) is 0 Å². The third-order valence-electron chi connectivity index (χ3n) is 1.46. The molecule has 0 saturated heterocycles. The molecule has 0 aliphatic heterocycles. The largest absolute Gasteiger partial charge is 0.508 e. The highest BCUT2D eigenvalue weighted by Gasteiger charge is 2.12. The highest BCUT2D eigenvalue weighted by atomic mass is 16.7. The van der Waals surface area contributed by atoms with Crippen LogP contribution in [0.15, 0.2) is 0 Å². The van der Waals surface area contributed by atoms with Gasteiger partial charge in [-0.25, -0.2) is 9.59 Å². The SMILES string of the molecule is CCOC(=O)OCC[C](C)OC(=O)OCC. The first-order valence-electron chi connectivity index (χ1n) is 5.06. The second-order valence-electron chi connectivity index (χ2n) is 2.77. The number of carbonyl (C=O) groups excluding carboxylic acids is 2. The van der Waals surface area contributed by atoms with Crippen molar-refractivity contribution in [1.29, 1.82) is 0 Å². The van der Waals surface area contributed by atoms with Crippen LogP contribution < -0.4 is 0 Å². The minimum Gasteiger partial charge on any atom is -0.435 e. The van der Waals surface area contributed by atoms with Gasteiger partial charge < -0.3 is 18.9 Å². The lowest BCUT2D eigenvalue weighted by Gasteiger charge is -2.11. The molecule has 0 bridgehead atoms. The molecule has 0 rings (SSSR count). The lowest BCUT2D eigenvalue weighted by Crippen LogP contribution is -2.14. The van der Waals surface area contributed by atoms with E-state index in [4.69, 9.17) is 4.74 Å².